The van der Waals surface area contributed by atoms with Gasteiger partial charge in [-0.2, -0.15) is 0 Å². The maximum absolute atomic E-state index is 13.2. The maximum atomic E-state index is 13.2. The van der Waals surface area contributed by atoms with Crippen molar-refractivity contribution in [2.75, 3.05) is 39.6 Å². The Balaban J connectivity index is 5.23. The zero-order valence-corrected chi connectivity index (χ0v) is 73.0. The Morgan fingerprint density at radius 2 is 0.426 bits per heavy atom. The number of phosphoric ester groups is 2. The number of hydrogen-bond donors (Lipinski definition) is 3. The van der Waals surface area contributed by atoms with Gasteiger partial charge in [-0.15, -0.1) is 0 Å². The van der Waals surface area contributed by atoms with Crippen molar-refractivity contribution in [3.8, 4) is 0 Å². The molecule has 0 aromatic carbocycles. The van der Waals surface area contributed by atoms with E-state index in [9.17, 15) is 43.2 Å². The van der Waals surface area contributed by atoms with Gasteiger partial charge in [-0.25, -0.2) is 9.13 Å². The molecule has 0 aliphatic heterocycles. The first-order chi connectivity index (χ1) is 52.4. The first-order valence-corrected chi connectivity index (χ1v) is 49.0. The monoisotopic (exact) mass is 1580 g/mol. The highest BCUT2D eigenvalue weighted by Gasteiger charge is 2.31. The highest BCUT2D eigenvalue weighted by atomic mass is 31.2. The fourth-order valence-corrected chi connectivity index (χ4v) is 15.5. The molecule has 0 amide bonds. The Hall–Kier alpha value is -1.94. The van der Waals surface area contributed by atoms with E-state index < -0.39 is 97.5 Å². The lowest BCUT2D eigenvalue weighted by Gasteiger charge is -2.21. The lowest BCUT2D eigenvalue weighted by molar-refractivity contribution is -0.161. The number of unbranched alkanes of at least 4 members (excludes halogenated alkanes) is 58. The average Bonchev–Trinajstić information content (AvgIpc) is 0.885. The molecule has 0 aliphatic carbocycles. The molecule has 642 valence electrons. The highest BCUT2D eigenvalue weighted by molar-refractivity contribution is 7.47. The summed E-state index contributed by atoms with van der Waals surface area (Å²) in [6.45, 7) is 9.74. The van der Waals surface area contributed by atoms with Crippen molar-refractivity contribution in [1.82, 2.24) is 0 Å². The van der Waals surface area contributed by atoms with Crippen molar-refractivity contribution in [3.05, 3.63) is 0 Å². The largest absolute Gasteiger partial charge is 0.472 e. The molecule has 3 N–H and O–H groups in total. The first kappa shape index (κ1) is 106. The predicted octanol–water partition coefficient (Wildman–Crippen LogP) is 27.4. The van der Waals surface area contributed by atoms with Crippen molar-refractivity contribution >= 4 is 39.5 Å². The van der Waals surface area contributed by atoms with E-state index in [0.717, 1.165) is 102 Å². The molecule has 17 nitrogen and oxygen atoms in total. The third-order valence-corrected chi connectivity index (χ3v) is 22.9. The van der Waals surface area contributed by atoms with Gasteiger partial charge in [-0.3, -0.25) is 37.3 Å². The van der Waals surface area contributed by atoms with Crippen molar-refractivity contribution in [2.24, 2.45) is 11.8 Å². The molecule has 0 heterocycles. The Labute approximate surface area is 664 Å². The minimum Gasteiger partial charge on any atom is -0.462 e. The van der Waals surface area contributed by atoms with Gasteiger partial charge in [-0.05, 0) is 37.5 Å². The summed E-state index contributed by atoms with van der Waals surface area (Å²) in [6.07, 6.45) is 73.6. The van der Waals surface area contributed by atoms with Gasteiger partial charge in [0.05, 0.1) is 26.4 Å². The van der Waals surface area contributed by atoms with Gasteiger partial charge in [0.1, 0.15) is 19.3 Å². The van der Waals surface area contributed by atoms with Crippen molar-refractivity contribution in [3.63, 3.8) is 0 Å². The summed E-state index contributed by atoms with van der Waals surface area (Å²) in [5.41, 5.74) is 0. The van der Waals surface area contributed by atoms with E-state index in [1.165, 1.54) is 295 Å². The summed E-state index contributed by atoms with van der Waals surface area (Å²) in [5.74, 6) is -0.491. The van der Waals surface area contributed by atoms with E-state index in [4.69, 9.17) is 37.0 Å². The van der Waals surface area contributed by atoms with E-state index in [0.29, 0.717) is 25.7 Å². The van der Waals surface area contributed by atoms with Crippen LogP contribution < -0.4 is 0 Å². The lowest BCUT2D eigenvalue weighted by Crippen LogP contribution is -2.30. The number of aliphatic hydroxyl groups is 1. The maximum Gasteiger partial charge on any atom is 0.472 e. The predicted molar refractivity (Wildman–Crippen MR) is 446 cm³/mol. The average molecular weight is 1580 g/mol. The molecular formula is C89H174O17P2. The van der Waals surface area contributed by atoms with Crippen molar-refractivity contribution in [1.29, 1.82) is 0 Å². The van der Waals surface area contributed by atoms with E-state index >= 15 is 0 Å². The van der Waals surface area contributed by atoms with Crippen LogP contribution in [0.15, 0.2) is 0 Å². The molecule has 0 saturated carbocycles. The fourth-order valence-electron chi connectivity index (χ4n) is 14.0. The van der Waals surface area contributed by atoms with Crippen LogP contribution in [-0.2, 0) is 65.4 Å². The van der Waals surface area contributed by atoms with Gasteiger partial charge >= 0.3 is 39.5 Å². The number of phosphoric acid groups is 2. The van der Waals surface area contributed by atoms with E-state index in [2.05, 4.69) is 41.5 Å². The second-order valence-corrected chi connectivity index (χ2v) is 35.8. The fraction of sp³-hybridized carbons (Fsp3) is 0.955. The van der Waals surface area contributed by atoms with Crippen LogP contribution >= 0.6 is 15.6 Å². The van der Waals surface area contributed by atoms with Gasteiger partial charge < -0.3 is 33.8 Å². The van der Waals surface area contributed by atoms with Crippen LogP contribution in [0.2, 0.25) is 0 Å². The summed E-state index contributed by atoms with van der Waals surface area (Å²) in [5, 5.41) is 10.7. The summed E-state index contributed by atoms with van der Waals surface area (Å²) in [6, 6.07) is 0. The standard InChI is InChI=1S/C89H174O17P2/c1-7-9-11-13-15-17-19-20-21-22-23-24-28-31-36-42-48-54-60-66-72-87(92)100-78-85(106-88(93)73-67-61-55-49-43-37-32-29-26-25-27-30-34-40-45-51-57-63-69-81(3)4)80-104-108(97,98)102-76-83(90)75-101-107(95,96)103-79-84(77-99-86(91)71-65-59-53-47-39-18-16-14-12-10-8-2)105-89(94)74-68-62-56-50-44-38-33-35-41-46-52-58-64-70-82(5)6/h81-85,90H,7-80H2,1-6H3,(H,95,96)(H,97,98)/t83-,84+,85+/m0/s1. The molecule has 0 saturated heterocycles. The number of carbonyl (C=O) groups is 4. The van der Waals surface area contributed by atoms with Gasteiger partial charge in [0.15, 0.2) is 12.2 Å². The molecular weight excluding hydrogens is 1400 g/mol. The topological polar surface area (TPSA) is 237 Å². The Morgan fingerprint density at radius 3 is 0.630 bits per heavy atom. The SMILES string of the molecule is CCCCCCCCCCCCCCCCCCCCCCC(=O)OC[C@H](COP(=O)(O)OC[C@@H](O)COP(=O)(O)OC[C@@H](COC(=O)CCCCCCCCCCCCC)OC(=O)CCCCCCCCCCCCCCCC(C)C)OC(=O)CCCCCCCCCCCCCCCCCCCCC(C)C. The third-order valence-electron chi connectivity index (χ3n) is 21.0. The van der Waals surface area contributed by atoms with Gasteiger partial charge in [-0.1, -0.05) is 427 Å². The Morgan fingerprint density at radius 1 is 0.250 bits per heavy atom. The van der Waals surface area contributed by atoms with Crippen molar-refractivity contribution in [2.45, 2.75) is 496 Å². The van der Waals surface area contributed by atoms with Gasteiger partial charge in [0.2, 0.25) is 0 Å². The number of hydrogen-bond acceptors (Lipinski definition) is 15. The smallest absolute Gasteiger partial charge is 0.462 e. The molecule has 0 bridgehead atoms. The molecule has 5 atom stereocenters. The molecule has 0 aromatic rings. The Kier molecular flexibility index (Phi) is 78.8. The zero-order valence-electron chi connectivity index (χ0n) is 71.2. The van der Waals surface area contributed by atoms with Crippen LogP contribution in [0.1, 0.15) is 478 Å². The van der Waals surface area contributed by atoms with Gasteiger partial charge in [0.25, 0.3) is 0 Å². The minimum absolute atomic E-state index is 0.108. The Bertz CT molecular complexity index is 2060. The molecule has 2 unspecified atom stereocenters. The number of esters is 4. The number of ether oxygens (including phenoxy) is 4. The molecule has 0 rings (SSSR count). The summed E-state index contributed by atoms with van der Waals surface area (Å²) < 4.78 is 69.0. The van der Waals surface area contributed by atoms with Crippen LogP contribution in [0.25, 0.3) is 0 Å². The summed E-state index contributed by atoms with van der Waals surface area (Å²) in [4.78, 5) is 73.3. The molecule has 19 heteroatoms. The van der Waals surface area contributed by atoms with E-state index in [1.54, 1.807) is 0 Å². The van der Waals surface area contributed by atoms with Crippen LogP contribution in [0.5, 0.6) is 0 Å². The van der Waals surface area contributed by atoms with Crippen molar-refractivity contribution < 1.29 is 80.2 Å². The van der Waals surface area contributed by atoms with Crippen LogP contribution in [0.3, 0.4) is 0 Å². The lowest BCUT2D eigenvalue weighted by atomic mass is 10.0. The highest BCUT2D eigenvalue weighted by Crippen LogP contribution is 2.45. The van der Waals surface area contributed by atoms with Crippen LogP contribution in [0.4, 0.5) is 0 Å². The number of rotatable bonds is 88. The molecule has 0 aliphatic rings. The van der Waals surface area contributed by atoms with E-state index in [-0.39, 0.29) is 25.7 Å². The van der Waals surface area contributed by atoms with Crippen LogP contribution in [0, 0.1) is 11.8 Å². The number of aliphatic hydroxyl groups excluding tert-OH is 1. The number of carbonyl (C=O) groups excluding carboxylic acids is 4. The first-order valence-electron chi connectivity index (χ1n) is 46.0. The van der Waals surface area contributed by atoms with Crippen LogP contribution in [-0.4, -0.2) is 96.7 Å². The second-order valence-electron chi connectivity index (χ2n) is 32.9. The second kappa shape index (κ2) is 80.3. The summed E-state index contributed by atoms with van der Waals surface area (Å²) >= 11 is 0. The molecule has 0 spiro atoms. The quantitative estimate of drug-likeness (QED) is 0.0222. The van der Waals surface area contributed by atoms with E-state index in [1.807, 2.05) is 0 Å². The zero-order chi connectivity index (χ0) is 79.2. The normalized spacial score (nSPS) is 13.8. The molecule has 108 heavy (non-hydrogen) atoms. The molecule has 0 aromatic heterocycles. The van der Waals surface area contributed by atoms with Gasteiger partial charge in [0, 0.05) is 25.7 Å². The minimum atomic E-state index is -4.97. The summed E-state index contributed by atoms with van der Waals surface area (Å²) in [7, 11) is -9.93. The molecule has 0 radical (unpaired) electrons. The third kappa shape index (κ3) is 82.1. The molecule has 0 fully saturated rings.